The number of urea groups is 1. The number of hydrogen-bond acceptors (Lipinski definition) is 2. The summed E-state index contributed by atoms with van der Waals surface area (Å²) in [6.45, 7) is 0. The molecule has 0 atom stereocenters. The minimum absolute atomic E-state index is 0.214. The number of carbonyl (C=O) groups is 2. The van der Waals surface area contributed by atoms with Crippen LogP contribution in [0.25, 0.3) is 0 Å². The Hall–Kier alpha value is -1.19. The van der Waals surface area contributed by atoms with Crippen LogP contribution in [0.3, 0.4) is 0 Å². The normalized spacial score (nSPS) is 18.5. The lowest BCUT2D eigenvalue weighted by Gasteiger charge is -1.99. The molecule has 42 valence electrons. The summed E-state index contributed by atoms with van der Waals surface area (Å²) in [5.74, 6) is -0.287. The van der Waals surface area contributed by atoms with Crippen molar-refractivity contribution < 1.29 is 9.59 Å². The molecule has 1 N–H and O–H groups in total. The van der Waals surface area contributed by atoms with E-state index in [9.17, 15) is 9.59 Å². The van der Waals surface area contributed by atoms with Gasteiger partial charge in [-0.15, -0.1) is 0 Å². The van der Waals surface area contributed by atoms with Gasteiger partial charge in [-0.25, -0.2) is 9.79 Å². The lowest BCUT2D eigenvalue weighted by Crippen LogP contribution is -2.31. The van der Waals surface area contributed by atoms with Crippen molar-refractivity contribution >= 4 is 18.2 Å². The molecule has 3 amide bonds. The number of hydrogen-bond donors (Lipinski definition) is 1. The largest absolute Gasteiger partial charge is 0.347 e. The highest BCUT2D eigenvalue weighted by molar-refractivity contribution is 6.07. The highest BCUT2D eigenvalue weighted by Gasteiger charge is 2.07. The lowest BCUT2D eigenvalue weighted by molar-refractivity contribution is -0.118. The Morgan fingerprint density at radius 2 is 2.38 bits per heavy atom. The summed E-state index contributed by atoms with van der Waals surface area (Å²) in [6.07, 6.45) is 1.51. The molecule has 1 rings (SSSR count). The van der Waals surface area contributed by atoms with Crippen molar-refractivity contribution in [1.82, 2.24) is 5.32 Å². The molecule has 0 aliphatic carbocycles. The zero-order valence-electron chi connectivity index (χ0n) is 4.05. The van der Waals surface area contributed by atoms with E-state index in [4.69, 9.17) is 0 Å². The highest BCUT2D eigenvalue weighted by Crippen LogP contribution is 1.84. The van der Waals surface area contributed by atoms with Gasteiger partial charge in [0.05, 0.1) is 6.42 Å². The smallest absolute Gasteiger partial charge is 0.276 e. The molecule has 1 heterocycles. The molecule has 0 unspecified atom stereocenters. The summed E-state index contributed by atoms with van der Waals surface area (Å²) in [7, 11) is 0. The van der Waals surface area contributed by atoms with E-state index in [1.807, 2.05) is 5.32 Å². The average Bonchev–Trinajstić information content (AvgIpc) is 1.64. The van der Waals surface area contributed by atoms with Gasteiger partial charge >= 0.3 is 6.03 Å². The number of rotatable bonds is 0. The van der Waals surface area contributed by atoms with Crippen LogP contribution in [0.2, 0.25) is 0 Å². The first-order valence-corrected chi connectivity index (χ1v) is 2.15. The Labute approximate surface area is 45.6 Å². The van der Waals surface area contributed by atoms with E-state index in [0.717, 1.165) is 0 Å². The zero-order chi connectivity index (χ0) is 5.98. The van der Waals surface area contributed by atoms with Gasteiger partial charge in [-0.1, -0.05) is 0 Å². The maximum absolute atomic E-state index is 10.3. The van der Waals surface area contributed by atoms with Crippen LogP contribution in [0.1, 0.15) is 6.42 Å². The number of imide groups is 1. The fraction of sp³-hybridized carbons (Fsp3) is 0.250. The fourth-order valence-corrected chi connectivity index (χ4v) is 0.414. The van der Waals surface area contributed by atoms with Gasteiger partial charge in [-0.05, 0) is 0 Å². The Morgan fingerprint density at radius 1 is 1.62 bits per heavy atom. The number of amides is 3. The summed E-state index contributed by atoms with van der Waals surface area (Å²) in [6, 6.07) is -0.568. The average molecular weight is 115 g/mol. The van der Waals surface area contributed by atoms with Crippen LogP contribution in [0.5, 0.6) is 0 Å². The van der Waals surface area contributed by atoms with Crippen LogP contribution in [-0.2, 0) is 4.79 Å². The topological polar surface area (TPSA) is 58.5 Å². The third-order valence-corrected chi connectivity index (χ3v) is 0.732. The summed E-state index contributed by atoms with van der Waals surface area (Å²) >= 11 is 0. The van der Waals surface area contributed by atoms with Crippen molar-refractivity contribution in [3.05, 3.63) is 0 Å². The molecule has 0 saturated carbocycles. The minimum Gasteiger partial charge on any atom is -0.276 e. The molecule has 0 aromatic carbocycles. The van der Waals surface area contributed by atoms with E-state index in [0.29, 0.717) is 0 Å². The van der Waals surface area contributed by atoms with E-state index in [1.165, 1.54) is 6.21 Å². The van der Waals surface area contributed by atoms with Crippen LogP contribution in [0.4, 0.5) is 4.79 Å². The molecule has 1 aliphatic heterocycles. The Morgan fingerprint density at radius 3 is 2.75 bits per heavy atom. The molecular formula is C4H4N2O2. The molecule has 0 radical (unpaired) electrons. The van der Waals surface area contributed by atoms with Gasteiger partial charge in [-0.2, -0.15) is 0 Å². The van der Waals surface area contributed by atoms with Crippen LogP contribution in [-0.4, -0.2) is 18.2 Å². The monoisotopic (exact) mass is 115 g/mol. The van der Waals surface area contributed by atoms with E-state index < -0.39 is 6.03 Å². The van der Waals surface area contributed by atoms with Crippen molar-refractivity contribution in [3.8, 4) is 0 Å². The van der Waals surface area contributed by atoms with Gasteiger partial charge in [0.15, 0.2) is 0 Å². The molecule has 4 nitrogen and oxygen atoms in total. The Bertz CT molecular complexity index is 161. The quantitative estimate of drug-likeness (QED) is 0.348. The molecule has 0 spiro atoms. The number of nitrogens with zero attached hydrogens (tertiary/aromatic N) is 1. The molecule has 1 aliphatic rings. The first kappa shape index (κ1) is 4.96. The van der Waals surface area contributed by atoms with Crippen LogP contribution < -0.4 is 5.32 Å². The SMILES string of the molecule is O=C1CC=[15N][13C](=O)[15NH]1. The van der Waals surface area contributed by atoms with Gasteiger partial charge in [0.25, 0.3) is 0 Å². The first-order valence-electron chi connectivity index (χ1n) is 2.15. The molecule has 0 saturated heterocycles. The fourth-order valence-electron chi connectivity index (χ4n) is 0.414. The molecule has 0 aromatic heterocycles. The second-order valence-electron chi connectivity index (χ2n) is 1.37. The molecule has 0 aromatic rings. The highest BCUT2D eigenvalue weighted by atomic mass is 16.3. The molecule has 0 bridgehead atoms. The maximum Gasteiger partial charge on any atom is 0.347 e. The lowest BCUT2D eigenvalue weighted by atomic mass is 10.5. The number of aliphatic imine (C=N–C) groups is 1. The van der Waals surface area contributed by atoms with Gasteiger partial charge in [0.1, 0.15) is 0 Å². The Balaban J connectivity index is 2.68. The number of carbonyl (C=O) groups excluding carboxylic acids is 2. The van der Waals surface area contributed by atoms with E-state index in [1.54, 1.807) is 0 Å². The van der Waals surface area contributed by atoms with Crippen LogP contribution >= 0.6 is 0 Å². The van der Waals surface area contributed by atoms with Crippen molar-refractivity contribution in [2.45, 2.75) is 6.42 Å². The van der Waals surface area contributed by atoms with Crippen molar-refractivity contribution in [3.63, 3.8) is 0 Å². The van der Waals surface area contributed by atoms with Crippen molar-refractivity contribution in [2.24, 2.45) is 4.99 Å². The second kappa shape index (κ2) is 1.73. The maximum atomic E-state index is 10.3. The first-order chi connectivity index (χ1) is 3.79. The van der Waals surface area contributed by atoms with Gasteiger partial charge < -0.3 is 0 Å². The molecule has 8 heavy (non-hydrogen) atoms. The summed E-state index contributed by atoms with van der Waals surface area (Å²) in [5.41, 5.74) is 0. The van der Waals surface area contributed by atoms with E-state index in [2.05, 4.69) is 4.99 Å². The van der Waals surface area contributed by atoms with Crippen molar-refractivity contribution in [2.75, 3.05) is 0 Å². The zero-order valence-corrected chi connectivity index (χ0v) is 4.05. The second-order valence-corrected chi connectivity index (χ2v) is 1.37. The van der Waals surface area contributed by atoms with Gasteiger partial charge in [-0.3, -0.25) is 10.1 Å². The predicted molar refractivity (Wildman–Crippen MR) is 26.6 cm³/mol. The van der Waals surface area contributed by atoms with Crippen LogP contribution in [0.15, 0.2) is 4.99 Å². The third kappa shape index (κ3) is 0.900. The Kier molecular flexibility index (Phi) is 1.07. The summed E-state index contributed by atoms with van der Waals surface area (Å²) < 4.78 is 0. The minimum atomic E-state index is -0.568. The van der Waals surface area contributed by atoms with Gasteiger partial charge in [0.2, 0.25) is 5.91 Å². The van der Waals surface area contributed by atoms with E-state index >= 15 is 0 Å². The van der Waals surface area contributed by atoms with Crippen LogP contribution in [0, 0.1) is 0 Å². The standard InChI is InChI=1S/C4H4N2O2/c7-3-1-2-5-4(8)6-3/h2H,1H2,(H,6,7,8)/i4+1,5+1,6+1. The van der Waals surface area contributed by atoms with E-state index in [-0.39, 0.29) is 12.3 Å². The predicted octanol–water partition coefficient (Wildman–Crippen LogP) is -0.303. The van der Waals surface area contributed by atoms with Gasteiger partial charge in [0, 0.05) is 6.21 Å². The molecule has 0 fully saturated rings. The number of nitrogens with one attached hydrogen (secondary N) is 1. The van der Waals surface area contributed by atoms with Crippen molar-refractivity contribution in [1.29, 1.82) is 0 Å². The summed E-state index contributed by atoms with van der Waals surface area (Å²) in [4.78, 5) is 23.7. The third-order valence-electron chi connectivity index (χ3n) is 0.732. The summed E-state index contributed by atoms with van der Waals surface area (Å²) in [5, 5.41) is 2.00. The molecule has 4 heteroatoms. The molecular weight excluding hydrogens is 111 g/mol.